The summed E-state index contributed by atoms with van der Waals surface area (Å²) in [6, 6.07) is 5.63. The number of nitrogens with one attached hydrogen (secondary N) is 2. The van der Waals surface area contributed by atoms with E-state index in [2.05, 4.69) is 27.8 Å². The molecule has 3 rings (SSSR count). The van der Waals surface area contributed by atoms with Crippen molar-refractivity contribution in [3.05, 3.63) is 35.4 Å². The average molecular weight is 366 g/mol. The van der Waals surface area contributed by atoms with E-state index in [1.807, 2.05) is 0 Å². The van der Waals surface area contributed by atoms with Crippen LogP contribution in [0.1, 0.15) is 30.9 Å². The molecule has 0 unspecified atom stereocenters. The molecule has 0 saturated carbocycles. The molecule has 140 valence electrons. The standard InChI is InChI=1S/C18H21F3N4O/c1-10-8-12(18(19,20)21)9-15(26)17(10)14-5-6-16(25-24-14)23-13-4-3-7-22-11(13)2/h5-6,8-9,11,13,22,26H,3-4,7H2,1-2H3,(H,23,25)/t11-,13-/m1/s1. The molecule has 0 bridgehead atoms. The van der Waals surface area contributed by atoms with Gasteiger partial charge in [-0.3, -0.25) is 0 Å². The number of aryl methyl sites for hydroxylation is 1. The van der Waals surface area contributed by atoms with Gasteiger partial charge in [0, 0.05) is 17.6 Å². The Labute approximate surface area is 149 Å². The molecule has 8 heteroatoms. The summed E-state index contributed by atoms with van der Waals surface area (Å²) in [6.45, 7) is 4.60. The molecule has 0 spiro atoms. The van der Waals surface area contributed by atoms with Crippen LogP contribution in [0.15, 0.2) is 24.3 Å². The number of phenolic OH excluding ortho intramolecular Hbond substituents is 1. The Morgan fingerprint density at radius 1 is 1.23 bits per heavy atom. The minimum Gasteiger partial charge on any atom is -0.507 e. The molecule has 1 aliphatic rings. The minimum absolute atomic E-state index is 0.241. The number of aromatic nitrogens is 2. The van der Waals surface area contributed by atoms with Crippen LogP contribution in [0, 0.1) is 6.92 Å². The van der Waals surface area contributed by atoms with Crippen molar-refractivity contribution in [3.63, 3.8) is 0 Å². The number of hydrogen-bond acceptors (Lipinski definition) is 5. The molecule has 1 aromatic carbocycles. The average Bonchev–Trinajstić information content (AvgIpc) is 2.57. The Kier molecular flexibility index (Phi) is 5.04. The van der Waals surface area contributed by atoms with E-state index in [4.69, 9.17) is 0 Å². The van der Waals surface area contributed by atoms with Gasteiger partial charge in [-0.05, 0) is 63.1 Å². The van der Waals surface area contributed by atoms with Crippen LogP contribution in [0.5, 0.6) is 5.75 Å². The van der Waals surface area contributed by atoms with Gasteiger partial charge in [0.05, 0.1) is 11.3 Å². The second-order valence-corrected chi connectivity index (χ2v) is 6.62. The van der Waals surface area contributed by atoms with E-state index in [9.17, 15) is 18.3 Å². The molecule has 1 aromatic heterocycles. The summed E-state index contributed by atoms with van der Waals surface area (Å²) in [5, 5.41) is 25.0. The van der Waals surface area contributed by atoms with Crippen LogP contribution in [-0.4, -0.2) is 33.9 Å². The van der Waals surface area contributed by atoms with E-state index in [0.717, 1.165) is 25.5 Å². The fourth-order valence-electron chi connectivity index (χ4n) is 3.24. The normalized spacial score (nSPS) is 20.8. The molecule has 1 aliphatic heterocycles. The van der Waals surface area contributed by atoms with Crippen molar-refractivity contribution in [2.24, 2.45) is 0 Å². The molecule has 26 heavy (non-hydrogen) atoms. The van der Waals surface area contributed by atoms with Gasteiger partial charge in [-0.15, -0.1) is 10.2 Å². The summed E-state index contributed by atoms with van der Waals surface area (Å²) >= 11 is 0. The third kappa shape index (κ3) is 3.90. The largest absolute Gasteiger partial charge is 0.507 e. The smallest absolute Gasteiger partial charge is 0.416 e. The summed E-state index contributed by atoms with van der Waals surface area (Å²) < 4.78 is 38.5. The SMILES string of the molecule is Cc1cc(C(F)(F)F)cc(O)c1-c1ccc(N[C@@H]2CCCN[C@@H]2C)nn1. The lowest BCUT2D eigenvalue weighted by molar-refractivity contribution is -0.137. The van der Waals surface area contributed by atoms with Crippen LogP contribution in [0.3, 0.4) is 0 Å². The number of alkyl halides is 3. The number of nitrogens with zero attached hydrogens (tertiary/aromatic N) is 2. The zero-order valence-electron chi connectivity index (χ0n) is 14.6. The van der Waals surface area contributed by atoms with E-state index in [1.54, 1.807) is 12.1 Å². The maximum absolute atomic E-state index is 12.8. The number of hydrogen-bond donors (Lipinski definition) is 3. The molecule has 2 heterocycles. The van der Waals surface area contributed by atoms with Gasteiger partial charge in [-0.25, -0.2) is 0 Å². The molecule has 0 aliphatic carbocycles. The number of phenols is 1. The highest BCUT2D eigenvalue weighted by Gasteiger charge is 2.32. The number of benzene rings is 1. The fraction of sp³-hybridized carbons (Fsp3) is 0.444. The van der Waals surface area contributed by atoms with Crippen molar-refractivity contribution in [2.45, 2.75) is 44.9 Å². The van der Waals surface area contributed by atoms with E-state index in [-0.39, 0.29) is 17.2 Å². The summed E-state index contributed by atoms with van der Waals surface area (Å²) in [5.74, 6) is 0.135. The molecule has 1 saturated heterocycles. The first kappa shape index (κ1) is 18.4. The Hall–Kier alpha value is -2.35. The summed E-state index contributed by atoms with van der Waals surface area (Å²) in [6.07, 6.45) is -2.41. The first-order chi connectivity index (χ1) is 12.3. The first-order valence-electron chi connectivity index (χ1n) is 8.50. The highest BCUT2D eigenvalue weighted by Crippen LogP contribution is 2.38. The van der Waals surface area contributed by atoms with E-state index in [0.29, 0.717) is 23.6 Å². The third-order valence-electron chi connectivity index (χ3n) is 4.66. The summed E-state index contributed by atoms with van der Waals surface area (Å²) in [4.78, 5) is 0. The van der Waals surface area contributed by atoms with Gasteiger partial charge < -0.3 is 15.7 Å². The molecule has 1 fully saturated rings. The maximum atomic E-state index is 12.8. The lowest BCUT2D eigenvalue weighted by atomic mass is 9.99. The summed E-state index contributed by atoms with van der Waals surface area (Å²) in [5.41, 5.74) is -0.0161. The molecule has 3 N–H and O–H groups in total. The third-order valence-corrected chi connectivity index (χ3v) is 4.66. The highest BCUT2D eigenvalue weighted by atomic mass is 19.4. The molecular weight excluding hydrogens is 345 g/mol. The van der Waals surface area contributed by atoms with Crippen LogP contribution in [0.2, 0.25) is 0 Å². The topological polar surface area (TPSA) is 70.1 Å². The number of piperidine rings is 1. The second-order valence-electron chi connectivity index (χ2n) is 6.62. The van der Waals surface area contributed by atoms with Crippen molar-refractivity contribution in [2.75, 3.05) is 11.9 Å². The zero-order chi connectivity index (χ0) is 18.9. The predicted octanol–water partition coefficient (Wildman–Crippen LogP) is 3.73. The van der Waals surface area contributed by atoms with Crippen LogP contribution >= 0.6 is 0 Å². The monoisotopic (exact) mass is 366 g/mol. The van der Waals surface area contributed by atoms with Crippen LogP contribution in [-0.2, 0) is 6.18 Å². The quantitative estimate of drug-likeness (QED) is 0.772. The number of anilines is 1. The molecule has 2 atom stereocenters. The fourth-order valence-corrected chi connectivity index (χ4v) is 3.24. The van der Waals surface area contributed by atoms with Crippen LogP contribution < -0.4 is 10.6 Å². The molecule has 2 aromatic rings. The summed E-state index contributed by atoms with van der Waals surface area (Å²) in [7, 11) is 0. The van der Waals surface area contributed by atoms with Gasteiger partial charge in [0.1, 0.15) is 11.6 Å². The first-order valence-corrected chi connectivity index (χ1v) is 8.50. The van der Waals surface area contributed by atoms with Gasteiger partial charge in [-0.1, -0.05) is 0 Å². The van der Waals surface area contributed by atoms with Gasteiger partial charge in [-0.2, -0.15) is 13.2 Å². The van der Waals surface area contributed by atoms with Gasteiger partial charge in [0.2, 0.25) is 0 Å². The molecule has 0 radical (unpaired) electrons. The Morgan fingerprint density at radius 2 is 2.00 bits per heavy atom. The molecule has 5 nitrogen and oxygen atoms in total. The number of halogens is 3. The Bertz CT molecular complexity index is 754. The van der Waals surface area contributed by atoms with E-state index < -0.39 is 17.5 Å². The van der Waals surface area contributed by atoms with Gasteiger partial charge >= 0.3 is 6.18 Å². The van der Waals surface area contributed by atoms with Crippen molar-refractivity contribution < 1.29 is 18.3 Å². The minimum atomic E-state index is -4.51. The lowest BCUT2D eigenvalue weighted by Crippen LogP contribution is -2.46. The molecular formula is C18H21F3N4O. The Balaban J connectivity index is 1.82. The van der Waals surface area contributed by atoms with Crippen LogP contribution in [0.25, 0.3) is 11.3 Å². The zero-order valence-corrected chi connectivity index (χ0v) is 14.6. The van der Waals surface area contributed by atoms with Crippen molar-refractivity contribution in [1.82, 2.24) is 15.5 Å². The lowest BCUT2D eigenvalue weighted by Gasteiger charge is -2.30. The van der Waals surface area contributed by atoms with Gasteiger partial charge in [0.25, 0.3) is 0 Å². The number of aromatic hydroxyl groups is 1. The maximum Gasteiger partial charge on any atom is 0.416 e. The second kappa shape index (κ2) is 7.11. The van der Waals surface area contributed by atoms with Gasteiger partial charge in [0.15, 0.2) is 0 Å². The number of rotatable bonds is 3. The van der Waals surface area contributed by atoms with E-state index in [1.165, 1.54) is 6.92 Å². The highest BCUT2D eigenvalue weighted by molar-refractivity contribution is 5.71. The van der Waals surface area contributed by atoms with E-state index >= 15 is 0 Å². The predicted molar refractivity (Wildman–Crippen MR) is 93.0 cm³/mol. The van der Waals surface area contributed by atoms with Crippen LogP contribution in [0.4, 0.5) is 19.0 Å². The molecule has 0 amide bonds. The van der Waals surface area contributed by atoms with Crippen molar-refractivity contribution >= 4 is 5.82 Å². The van der Waals surface area contributed by atoms with Crippen molar-refractivity contribution in [1.29, 1.82) is 0 Å². The van der Waals surface area contributed by atoms with Crippen molar-refractivity contribution in [3.8, 4) is 17.0 Å². The Morgan fingerprint density at radius 3 is 2.58 bits per heavy atom.